The Hall–Kier alpha value is -3.61. The van der Waals surface area contributed by atoms with E-state index < -0.39 is 0 Å². The summed E-state index contributed by atoms with van der Waals surface area (Å²) in [5.41, 5.74) is 0.604. The van der Waals surface area contributed by atoms with Gasteiger partial charge in [0, 0.05) is 37.9 Å². The van der Waals surface area contributed by atoms with Crippen molar-refractivity contribution in [2.45, 2.75) is 37.8 Å². The van der Waals surface area contributed by atoms with E-state index in [2.05, 4.69) is 20.6 Å². The van der Waals surface area contributed by atoms with Crippen molar-refractivity contribution in [2.75, 3.05) is 24.3 Å². The second kappa shape index (κ2) is 10.1. The van der Waals surface area contributed by atoms with Crippen LogP contribution in [-0.2, 0) is 0 Å². The van der Waals surface area contributed by atoms with E-state index >= 15 is 0 Å². The van der Waals surface area contributed by atoms with Crippen LogP contribution in [0.15, 0.2) is 66.9 Å². The fourth-order valence-corrected chi connectivity index (χ4v) is 3.83. The van der Waals surface area contributed by atoms with E-state index in [1.54, 1.807) is 12.3 Å². The van der Waals surface area contributed by atoms with Gasteiger partial charge in [0.05, 0.1) is 0 Å². The first kappa shape index (κ1) is 21.6. The second-order valence-corrected chi connectivity index (χ2v) is 8.24. The summed E-state index contributed by atoms with van der Waals surface area (Å²) in [6, 6.07) is 19.2. The smallest absolute Gasteiger partial charge is 0.251 e. The number of carbonyl (C=O) groups is 1. The van der Waals surface area contributed by atoms with Crippen LogP contribution < -0.4 is 20.3 Å². The van der Waals surface area contributed by atoms with Gasteiger partial charge in [0.15, 0.2) is 0 Å². The zero-order chi connectivity index (χ0) is 22.3. The fraction of sp³-hybridized carbons (Fsp3) is 0.320. The van der Waals surface area contributed by atoms with Crippen molar-refractivity contribution >= 4 is 17.7 Å². The Labute approximate surface area is 188 Å². The molecule has 7 nitrogen and oxygen atoms in total. The summed E-state index contributed by atoms with van der Waals surface area (Å²) in [6.45, 7) is 0. The number of ether oxygens (including phenoxy) is 1. The molecule has 166 valence electrons. The van der Waals surface area contributed by atoms with Crippen LogP contribution in [0, 0.1) is 0 Å². The lowest BCUT2D eigenvalue weighted by atomic mass is 9.91. The minimum absolute atomic E-state index is 0.0676. The number of benzene rings is 2. The summed E-state index contributed by atoms with van der Waals surface area (Å²) < 4.78 is 5.85. The number of nitrogens with one attached hydrogen (secondary N) is 2. The molecule has 2 N–H and O–H groups in total. The molecule has 7 heteroatoms. The van der Waals surface area contributed by atoms with Gasteiger partial charge in [-0.1, -0.05) is 24.3 Å². The Kier molecular flexibility index (Phi) is 6.84. The molecule has 1 aliphatic carbocycles. The molecule has 1 fully saturated rings. The van der Waals surface area contributed by atoms with E-state index in [9.17, 15) is 4.79 Å². The number of hydrogen-bond donors (Lipinski definition) is 2. The number of para-hydroxylation sites is 1. The monoisotopic (exact) mass is 431 g/mol. The zero-order valence-electron chi connectivity index (χ0n) is 18.5. The third-order valence-electron chi connectivity index (χ3n) is 5.57. The molecule has 0 atom stereocenters. The Morgan fingerprint density at radius 2 is 1.66 bits per heavy atom. The van der Waals surface area contributed by atoms with E-state index in [-0.39, 0.29) is 11.9 Å². The van der Waals surface area contributed by atoms with Crippen molar-refractivity contribution in [3.05, 3.63) is 72.4 Å². The minimum Gasteiger partial charge on any atom is -0.457 e. The normalized spacial score (nSPS) is 17.9. The van der Waals surface area contributed by atoms with Gasteiger partial charge in [-0.05, 0) is 62.1 Å². The third-order valence-corrected chi connectivity index (χ3v) is 5.57. The molecule has 0 radical (unpaired) electrons. The lowest BCUT2D eigenvalue weighted by Gasteiger charge is -2.29. The predicted molar refractivity (Wildman–Crippen MR) is 126 cm³/mol. The molecule has 1 aliphatic rings. The average molecular weight is 432 g/mol. The number of carbonyl (C=O) groups excluding carboxylic acids is 1. The van der Waals surface area contributed by atoms with E-state index in [1.165, 1.54) is 0 Å². The predicted octanol–water partition coefficient (Wildman–Crippen LogP) is 4.49. The van der Waals surface area contributed by atoms with E-state index in [1.807, 2.05) is 73.6 Å². The van der Waals surface area contributed by atoms with Crippen molar-refractivity contribution in [1.82, 2.24) is 15.3 Å². The Balaban J connectivity index is 1.28. The molecular formula is C25H29N5O2. The lowest BCUT2D eigenvalue weighted by Crippen LogP contribution is -2.40. The van der Waals surface area contributed by atoms with Gasteiger partial charge in [-0.3, -0.25) is 4.79 Å². The first-order chi connectivity index (χ1) is 15.6. The van der Waals surface area contributed by atoms with Crippen LogP contribution in [-0.4, -0.2) is 42.1 Å². The highest BCUT2D eigenvalue weighted by atomic mass is 16.5. The highest BCUT2D eigenvalue weighted by Gasteiger charge is 2.23. The van der Waals surface area contributed by atoms with Crippen molar-refractivity contribution in [3.63, 3.8) is 0 Å². The number of anilines is 2. The van der Waals surface area contributed by atoms with Gasteiger partial charge in [-0.2, -0.15) is 4.98 Å². The van der Waals surface area contributed by atoms with Gasteiger partial charge in [0.1, 0.15) is 17.3 Å². The van der Waals surface area contributed by atoms with E-state index in [0.29, 0.717) is 23.3 Å². The Morgan fingerprint density at radius 3 is 2.41 bits per heavy atom. The lowest BCUT2D eigenvalue weighted by molar-refractivity contribution is 0.0926. The van der Waals surface area contributed by atoms with Crippen LogP contribution in [0.1, 0.15) is 36.0 Å². The summed E-state index contributed by atoms with van der Waals surface area (Å²) in [4.78, 5) is 23.6. The largest absolute Gasteiger partial charge is 0.457 e. The number of rotatable bonds is 7. The van der Waals surface area contributed by atoms with Gasteiger partial charge in [-0.15, -0.1) is 0 Å². The molecule has 32 heavy (non-hydrogen) atoms. The van der Waals surface area contributed by atoms with Crippen LogP contribution in [0.3, 0.4) is 0 Å². The molecule has 2 aromatic carbocycles. The maximum atomic E-state index is 12.8. The first-order valence-corrected chi connectivity index (χ1v) is 11.0. The highest BCUT2D eigenvalue weighted by Crippen LogP contribution is 2.24. The van der Waals surface area contributed by atoms with E-state index in [4.69, 9.17) is 4.74 Å². The SMILES string of the molecule is CN(C)c1ccnc(N[C@H]2CC[C@@H](NC(=O)c3cccc(Oc4ccccc4)c3)CC2)n1. The number of aromatic nitrogens is 2. The highest BCUT2D eigenvalue weighted by molar-refractivity contribution is 5.94. The fourth-order valence-electron chi connectivity index (χ4n) is 3.83. The zero-order valence-corrected chi connectivity index (χ0v) is 18.5. The number of nitrogens with zero attached hydrogens (tertiary/aromatic N) is 3. The van der Waals surface area contributed by atoms with Crippen LogP contribution in [0.4, 0.5) is 11.8 Å². The van der Waals surface area contributed by atoms with Crippen molar-refractivity contribution < 1.29 is 9.53 Å². The minimum atomic E-state index is -0.0676. The molecule has 0 unspecified atom stereocenters. The standard InChI is InChI=1S/C25H29N5O2/c1-30(2)23-15-16-26-25(29-23)28-20-13-11-19(12-14-20)27-24(31)18-7-6-10-22(17-18)32-21-8-4-3-5-9-21/h3-10,15-17,19-20H,11-14H2,1-2H3,(H,27,31)(H,26,28,29)/t19-,20+. The second-order valence-electron chi connectivity index (χ2n) is 8.24. The molecule has 0 saturated heterocycles. The van der Waals surface area contributed by atoms with Gasteiger partial charge >= 0.3 is 0 Å². The van der Waals surface area contributed by atoms with Crippen molar-refractivity contribution in [1.29, 1.82) is 0 Å². The molecular weight excluding hydrogens is 402 g/mol. The maximum absolute atomic E-state index is 12.8. The average Bonchev–Trinajstić information content (AvgIpc) is 2.81. The first-order valence-electron chi connectivity index (χ1n) is 11.0. The summed E-state index contributed by atoms with van der Waals surface area (Å²) >= 11 is 0. The molecule has 1 heterocycles. The maximum Gasteiger partial charge on any atom is 0.251 e. The van der Waals surface area contributed by atoms with Gasteiger partial charge in [0.2, 0.25) is 5.95 Å². The van der Waals surface area contributed by atoms with Crippen molar-refractivity contribution in [3.8, 4) is 11.5 Å². The van der Waals surface area contributed by atoms with Gasteiger partial charge in [-0.25, -0.2) is 4.98 Å². The van der Waals surface area contributed by atoms with Crippen molar-refractivity contribution in [2.24, 2.45) is 0 Å². The molecule has 1 amide bonds. The summed E-state index contributed by atoms with van der Waals surface area (Å²) in [5, 5.41) is 6.61. The molecule has 4 rings (SSSR count). The molecule has 0 aliphatic heterocycles. The molecule has 1 saturated carbocycles. The summed E-state index contributed by atoms with van der Waals surface area (Å²) in [7, 11) is 3.92. The Bertz CT molecular complexity index is 1030. The van der Waals surface area contributed by atoms with E-state index in [0.717, 1.165) is 37.3 Å². The van der Waals surface area contributed by atoms with Crippen LogP contribution in [0.5, 0.6) is 11.5 Å². The van der Waals surface area contributed by atoms with Gasteiger partial charge in [0.25, 0.3) is 5.91 Å². The Morgan fingerprint density at radius 1 is 0.938 bits per heavy atom. The third kappa shape index (κ3) is 5.75. The van der Waals surface area contributed by atoms with Crippen LogP contribution >= 0.6 is 0 Å². The molecule has 1 aromatic heterocycles. The topological polar surface area (TPSA) is 79.4 Å². The molecule has 0 bridgehead atoms. The molecule has 3 aromatic rings. The van der Waals surface area contributed by atoms with Gasteiger partial charge < -0.3 is 20.3 Å². The molecule has 0 spiro atoms. The van der Waals surface area contributed by atoms with Crippen LogP contribution in [0.2, 0.25) is 0 Å². The summed E-state index contributed by atoms with van der Waals surface area (Å²) in [5.74, 6) is 2.86. The quantitative estimate of drug-likeness (QED) is 0.574. The summed E-state index contributed by atoms with van der Waals surface area (Å²) in [6.07, 6.45) is 5.51. The number of hydrogen-bond acceptors (Lipinski definition) is 6. The number of amides is 1. The van der Waals surface area contributed by atoms with Crippen LogP contribution in [0.25, 0.3) is 0 Å².